The highest BCUT2D eigenvalue weighted by atomic mass is 32.2. The molecule has 0 aliphatic carbocycles. The molecule has 0 saturated carbocycles. The topological polar surface area (TPSA) is 63.6 Å². The van der Waals surface area contributed by atoms with Crippen LogP contribution < -0.4 is 4.74 Å². The van der Waals surface area contributed by atoms with Crippen molar-refractivity contribution < 1.29 is 18.3 Å². The Bertz CT molecular complexity index is 508. The van der Waals surface area contributed by atoms with E-state index in [9.17, 15) is 13.5 Å². The number of ether oxygens (including phenoxy) is 1. The summed E-state index contributed by atoms with van der Waals surface area (Å²) in [5.74, 6) is 0.533. The summed E-state index contributed by atoms with van der Waals surface area (Å²) in [6.45, 7) is 5.70. The van der Waals surface area contributed by atoms with Gasteiger partial charge in [0.05, 0.1) is 18.0 Å². The molecule has 1 aromatic carbocycles. The summed E-state index contributed by atoms with van der Waals surface area (Å²) in [4.78, 5) is 0. The molecule has 102 valence electrons. The highest BCUT2D eigenvalue weighted by Crippen LogP contribution is 2.30. The lowest BCUT2D eigenvalue weighted by molar-refractivity contribution is 0.170. The minimum atomic E-state index is -3.30. The van der Waals surface area contributed by atoms with E-state index in [4.69, 9.17) is 4.74 Å². The van der Waals surface area contributed by atoms with Crippen molar-refractivity contribution in [1.29, 1.82) is 0 Å². The summed E-state index contributed by atoms with van der Waals surface area (Å²) in [7, 11) is -3.30. The second-order valence-corrected chi connectivity index (χ2v) is 6.86. The molecule has 0 saturated heterocycles. The van der Waals surface area contributed by atoms with E-state index in [1.54, 1.807) is 12.1 Å². The molecule has 18 heavy (non-hydrogen) atoms. The second kappa shape index (κ2) is 5.71. The van der Waals surface area contributed by atoms with Gasteiger partial charge in [0.15, 0.2) is 9.84 Å². The lowest BCUT2D eigenvalue weighted by atomic mass is 10.0. The van der Waals surface area contributed by atoms with Crippen LogP contribution in [0.5, 0.6) is 5.75 Å². The van der Waals surface area contributed by atoms with Crippen LogP contribution in [0.3, 0.4) is 0 Å². The Morgan fingerprint density at radius 1 is 1.39 bits per heavy atom. The quantitative estimate of drug-likeness (QED) is 0.888. The second-order valence-electron chi connectivity index (χ2n) is 4.45. The molecule has 0 radical (unpaired) electrons. The van der Waals surface area contributed by atoms with E-state index < -0.39 is 21.2 Å². The van der Waals surface area contributed by atoms with E-state index in [1.165, 1.54) is 6.92 Å². The van der Waals surface area contributed by atoms with Gasteiger partial charge in [-0.2, -0.15) is 0 Å². The fourth-order valence-electron chi connectivity index (χ4n) is 1.67. The first-order valence-corrected chi connectivity index (χ1v) is 7.83. The Balaban J connectivity index is 3.18. The van der Waals surface area contributed by atoms with Gasteiger partial charge in [-0.25, -0.2) is 8.42 Å². The molecule has 0 aliphatic heterocycles. The van der Waals surface area contributed by atoms with Crippen LogP contribution in [0.1, 0.15) is 31.1 Å². The zero-order valence-corrected chi connectivity index (χ0v) is 12.0. The summed E-state index contributed by atoms with van der Waals surface area (Å²) in [6, 6.07) is 5.38. The number of aliphatic hydroxyl groups is 1. The molecule has 5 heteroatoms. The molecular formula is C13H20O4S. The Morgan fingerprint density at radius 2 is 2.00 bits per heavy atom. The fraction of sp³-hybridized carbons (Fsp3) is 0.538. The highest BCUT2D eigenvalue weighted by molar-refractivity contribution is 7.91. The molecule has 4 nitrogen and oxygen atoms in total. The minimum Gasteiger partial charge on any atom is -0.493 e. The van der Waals surface area contributed by atoms with E-state index >= 15 is 0 Å². The van der Waals surface area contributed by atoms with Crippen LogP contribution in [-0.2, 0) is 9.84 Å². The zero-order valence-electron chi connectivity index (χ0n) is 11.2. The lowest BCUT2D eigenvalue weighted by Gasteiger charge is -2.20. The highest BCUT2D eigenvalue weighted by Gasteiger charge is 2.27. The molecule has 0 bridgehead atoms. The van der Waals surface area contributed by atoms with Crippen molar-refractivity contribution in [1.82, 2.24) is 0 Å². The van der Waals surface area contributed by atoms with Gasteiger partial charge in [0.1, 0.15) is 5.75 Å². The maximum Gasteiger partial charge on any atom is 0.152 e. The number of hydrogen-bond donors (Lipinski definition) is 1. The van der Waals surface area contributed by atoms with Crippen LogP contribution in [0.25, 0.3) is 0 Å². The van der Waals surface area contributed by atoms with Crippen molar-refractivity contribution in [2.24, 2.45) is 0 Å². The van der Waals surface area contributed by atoms with E-state index in [0.29, 0.717) is 17.9 Å². The molecule has 0 spiro atoms. The zero-order chi connectivity index (χ0) is 13.9. The van der Waals surface area contributed by atoms with Gasteiger partial charge in [-0.15, -0.1) is 0 Å². The summed E-state index contributed by atoms with van der Waals surface area (Å²) in [5.41, 5.74) is 1.47. The van der Waals surface area contributed by atoms with Crippen molar-refractivity contribution in [2.75, 3.05) is 12.9 Å². The molecular weight excluding hydrogens is 252 g/mol. The van der Waals surface area contributed by atoms with Crippen molar-refractivity contribution >= 4 is 9.84 Å². The molecule has 1 rings (SSSR count). The lowest BCUT2D eigenvalue weighted by Crippen LogP contribution is -2.24. The first-order valence-electron chi connectivity index (χ1n) is 5.87. The number of aliphatic hydroxyl groups excluding tert-OH is 1. The fourth-order valence-corrected chi connectivity index (χ4v) is 2.29. The average molecular weight is 272 g/mol. The summed E-state index contributed by atoms with van der Waals surface area (Å²) >= 11 is 0. The predicted molar refractivity (Wildman–Crippen MR) is 71.6 cm³/mol. The van der Waals surface area contributed by atoms with Gasteiger partial charge in [-0.05, 0) is 32.9 Å². The Morgan fingerprint density at radius 3 is 2.50 bits per heavy atom. The molecule has 0 amide bonds. The van der Waals surface area contributed by atoms with Gasteiger partial charge in [0, 0.05) is 11.8 Å². The van der Waals surface area contributed by atoms with E-state index in [1.807, 2.05) is 19.9 Å². The predicted octanol–water partition coefficient (Wildman–Crippen LogP) is 1.86. The van der Waals surface area contributed by atoms with Crippen LogP contribution in [0.4, 0.5) is 0 Å². The molecule has 0 aromatic heterocycles. The van der Waals surface area contributed by atoms with E-state index in [2.05, 4.69) is 0 Å². The summed E-state index contributed by atoms with van der Waals surface area (Å²) in [6.07, 6.45) is 0.0401. The molecule has 0 fully saturated rings. The van der Waals surface area contributed by atoms with Gasteiger partial charge in [0.2, 0.25) is 0 Å². The molecule has 1 aromatic rings. The third kappa shape index (κ3) is 3.46. The largest absolute Gasteiger partial charge is 0.493 e. The molecule has 0 aliphatic rings. The van der Waals surface area contributed by atoms with E-state index in [0.717, 1.165) is 11.8 Å². The number of benzene rings is 1. The third-order valence-electron chi connectivity index (χ3n) is 2.90. The molecule has 2 unspecified atom stereocenters. The van der Waals surface area contributed by atoms with Crippen LogP contribution in [0.2, 0.25) is 0 Å². The van der Waals surface area contributed by atoms with Crippen LogP contribution >= 0.6 is 0 Å². The first kappa shape index (κ1) is 15.0. The van der Waals surface area contributed by atoms with Crippen LogP contribution in [-0.4, -0.2) is 31.6 Å². The van der Waals surface area contributed by atoms with Crippen molar-refractivity contribution in [3.63, 3.8) is 0 Å². The van der Waals surface area contributed by atoms with Crippen molar-refractivity contribution in [3.8, 4) is 5.75 Å². The van der Waals surface area contributed by atoms with Crippen molar-refractivity contribution in [2.45, 2.75) is 32.1 Å². The Labute approximate surface area is 109 Å². The summed E-state index contributed by atoms with van der Waals surface area (Å²) < 4.78 is 28.4. The van der Waals surface area contributed by atoms with Gasteiger partial charge < -0.3 is 9.84 Å². The summed E-state index contributed by atoms with van der Waals surface area (Å²) in [5, 5.41) is 9.33. The van der Waals surface area contributed by atoms with Gasteiger partial charge in [0.25, 0.3) is 0 Å². The molecule has 1 N–H and O–H groups in total. The van der Waals surface area contributed by atoms with Gasteiger partial charge >= 0.3 is 0 Å². The average Bonchev–Trinajstić information content (AvgIpc) is 2.28. The Hall–Kier alpha value is -1.07. The minimum absolute atomic E-state index is 0.468. The van der Waals surface area contributed by atoms with Crippen molar-refractivity contribution in [3.05, 3.63) is 29.3 Å². The number of aryl methyl sites for hydroxylation is 1. The maximum absolute atomic E-state index is 11.5. The monoisotopic (exact) mass is 272 g/mol. The number of rotatable bonds is 5. The standard InChI is InChI=1S/C13H20O4S/c1-5-17-12-7-6-9(2)8-11(12)13(14)10(3)18(4,15)16/h6-8,10,13-14H,5H2,1-4H3. The smallest absolute Gasteiger partial charge is 0.152 e. The van der Waals surface area contributed by atoms with Gasteiger partial charge in [-0.3, -0.25) is 0 Å². The van der Waals surface area contributed by atoms with Crippen LogP contribution in [0.15, 0.2) is 18.2 Å². The number of hydrogen-bond acceptors (Lipinski definition) is 4. The van der Waals surface area contributed by atoms with Gasteiger partial charge in [-0.1, -0.05) is 11.6 Å². The first-order chi connectivity index (χ1) is 8.27. The SMILES string of the molecule is CCOc1ccc(C)cc1C(O)C(C)S(C)(=O)=O. The normalized spacial score (nSPS) is 15.2. The number of sulfone groups is 1. The molecule has 0 heterocycles. The molecule has 2 atom stereocenters. The third-order valence-corrected chi connectivity index (χ3v) is 4.51. The van der Waals surface area contributed by atoms with E-state index in [-0.39, 0.29) is 0 Å². The van der Waals surface area contributed by atoms with Crippen LogP contribution in [0, 0.1) is 6.92 Å². The Kier molecular flexibility index (Phi) is 4.76. The maximum atomic E-state index is 11.5.